The fourth-order valence-electron chi connectivity index (χ4n) is 1.46. The Bertz CT molecular complexity index is 390. The first-order valence-electron chi connectivity index (χ1n) is 5.50. The molecule has 0 spiro atoms. The molecule has 1 aromatic rings. The lowest BCUT2D eigenvalue weighted by Crippen LogP contribution is -2.34. The fourth-order valence-corrected chi connectivity index (χ4v) is 1.70. The molecule has 0 fully saturated rings. The first-order valence-corrected chi connectivity index (χ1v) is 6.30. The largest absolute Gasteiger partial charge is 0.339 e. The summed E-state index contributed by atoms with van der Waals surface area (Å²) in [6, 6.07) is 5.98. The van der Waals surface area contributed by atoms with Crippen molar-refractivity contribution in [3.05, 3.63) is 33.8 Å². The third-order valence-corrected chi connectivity index (χ3v) is 3.87. The van der Waals surface area contributed by atoms with Crippen LogP contribution in [0.3, 0.4) is 0 Å². The summed E-state index contributed by atoms with van der Waals surface area (Å²) in [5.74, 6) is 0.0879. The summed E-state index contributed by atoms with van der Waals surface area (Å²) in [5.41, 5.74) is 1.84. The molecule has 0 heterocycles. The van der Waals surface area contributed by atoms with Crippen LogP contribution in [0.15, 0.2) is 22.7 Å². The molecule has 3 heteroatoms. The first-order chi connectivity index (χ1) is 7.47. The molecule has 1 unspecified atom stereocenters. The zero-order chi connectivity index (χ0) is 12.3. The highest BCUT2D eigenvalue weighted by atomic mass is 79.9. The van der Waals surface area contributed by atoms with Crippen LogP contribution in [-0.4, -0.2) is 23.9 Å². The fraction of sp³-hybridized carbons (Fsp3) is 0.462. The number of halogens is 1. The summed E-state index contributed by atoms with van der Waals surface area (Å²) >= 11 is 3.43. The molecule has 0 radical (unpaired) electrons. The summed E-state index contributed by atoms with van der Waals surface area (Å²) < 4.78 is 1.04. The van der Waals surface area contributed by atoms with Gasteiger partial charge in [0.15, 0.2) is 0 Å². The van der Waals surface area contributed by atoms with Crippen molar-refractivity contribution in [2.45, 2.75) is 33.2 Å². The van der Waals surface area contributed by atoms with Gasteiger partial charge in [0, 0.05) is 23.1 Å². The van der Waals surface area contributed by atoms with Gasteiger partial charge in [-0.2, -0.15) is 0 Å². The Balaban J connectivity index is 2.92. The molecular formula is C13H18BrNO. The van der Waals surface area contributed by atoms with Crippen LogP contribution in [0.25, 0.3) is 0 Å². The van der Waals surface area contributed by atoms with Crippen LogP contribution in [0, 0.1) is 6.92 Å². The van der Waals surface area contributed by atoms with E-state index in [4.69, 9.17) is 0 Å². The van der Waals surface area contributed by atoms with E-state index in [0.717, 1.165) is 22.0 Å². The Morgan fingerprint density at radius 2 is 2.12 bits per heavy atom. The van der Waals surface area contributed by atoms with Gasteiger partial charge >= 0.3 is 0 Å². The molecule has 16 heavy (non-hydrogen) atoms. The SMILES string of the molecule is CCC(C)N(C)C(=O)c1ccc(Br)c(C)c1. The van der Waals surface area contributed by atoms with Crippen LogP contribution >= 0.6 is 15.9 Å². The van der Waals surface area contributed by atoms with Crippen molar-refractivity contribution in [1.29, 1.82) is 0 Å². The van der Waals surface area contributed by atoms with Gasteiger partial charge in [-0.25, -0.2) is 0 Å². The Morgan fingerprint density at radius 1 is 1.50 bits per heavy atom. The highest BCUT2D eigenvalue weighted by Gasteiger charge is 2.16. The van der Waals surface area contributed by atoms with Gasteiger partial charge < -0.3 is 4.90 Å². The smallest absolute Gasteiger partial charge is 0.253 e. The molecule has 1 atom stereocenters. The molecule has 2 nitrogen and oxygen atoms in total. The van der Waals surface area contributed by atoms with Crippen LogP contribution < -0.4 is 0 Å². The summed E-state index contributed by atoms with van der Waals surface area (Å²) in [5, 5.41) is 0. The average molecular weight is 284 g/mol. The molecule has 0 saturated carbocycles. The maximum absolute atomic E-state index is 12.1. The topological polar surface area (TPSA) is 20.3 Å². The second-order valence-corrected chi connectivity index (χ2v) is 4.99. The molecule has 88 valence electrons. The quantitative estimate of drug-likeness (QED) is 0.830. The van der Waals surface area contributed by atoms with Crippen molar-refractivity contribution in [3.63, 3.8) is 0 Å². The molecule has 0 aliphatic carbocycles. The Hall–Kier alpha value is -0.830. The van der Waals surface area contributed by atoms with Crippen LogP contribution in [0.4, 0.5) is 0 Å². The van der Waals surface area contributed by atoms with Gasteiger partial charge in [0.05, 0.1) is 0 Å². The van der Waals surface area contributed by atoms with E-state index < -0.39 is 0 Å². The van der Waals surface area contributed by atoms with Crippen LogP contribution in [0.2, 0.25) is 0 Å². The number of nitrogens with zero attached hydrogens (tertiary/aromatic N) is 1. The maximum atomic E-state index is 12.1. The van der Waals surface area contributed by atoms with Crippen molar-refractivity contribution in [2.24, 2.45) is 0 Å². The normalized spacial score (nSPS) is 12.3. The summed E-state index contributed by atoms with van der Waals surface area (Å²) in [6.45, 7) is 6.13. The van der Waals surface area contributed by atoms with Gasteiger partial charge in [-0.3, -0.25) is 4.79 Å². The van der Waals surface area contributed by atoms with E-state index in [2.05, 4.69) is 29.8 Å². The van der Waals surface area contributed by atoms with E-state index >= 15 is 0 Å². The van der Waals surface area contributed by atoms with Crippen LogP contribution in [0.5, 0.6) is 0 Å². The molecular weight excluding hydrogens is 266 g/mol. The van der Waals surface area contributed by atoms with Crippen LogP contribution in [-0.2, 0) is 0 Å². The average Bonchev–Trinajstić information content (AvgIpc) is 2.29. The van der Waals surface area contributed by atoms with E-state index in [9.17, 15) is 4.79 Å². The standard InChI is InChI=1S/C13H18BrNO/c1-5-10(3)15(4)13(16)11-6-7-12(14)9(2)8-11/h6-8,10H,5H2,1-4H3. The van der Waals surface area contributed by atoms with Gasteiger partial charge in [0.25, 0.3) is 5.91 Å². The van der Waals surface area contributed by atoms with Gasteiger partial charge in [0.1, 0.15) is 0 Å². The van der Waals surface area contributed by atoms with Gasteiger partial charge in [0.2, 0.25) is 0 Å². The molecule has 0 saturated heterocycles. The minimum atomic E-state index is 0.0879. The van der Waals surface area contributed by atoms with Crippen molar-refractivity contribution in [1.82, 2.24) is 4.90 Å². The minimum Gasteiger partial charge on any atom is -0.339 e. The third kappa shape index (κ3) is 2.85. The summed E-state index contributed by atoms with van der Waals surface area (Å²) in [4.78, 5) is 13.9. The molecule has 0 aromatic heterocycles. The number of rotatable bonds is 3. The highest BCUT2D eigenvalue weighted by Crippen LogP contribution is 2.18. The minimum absolute atomic E-state index is 0.0879. The van der Waals surface area contributed by atoms with Gasteiger partial charge in [-0.1, -0.05) is 22.9 Å². The molecule has 0 aliphatic rings. The number of benzene rings is 1. The second-order valence-electron chi connectivity index (χ2n) is 4.14. The van der Waals surface area contributed by atoms with Gasteiger partial charge in [-0.05, 0) is 44.0 Å². The zero-order valence-corrected chi connectivity index (χ0v) is 11.8. The maximum Gasteiger partial charge on any atom is 0.253 e. The molecule has 0 aliphatic heterocycles. The Labute approximate surface area is 106 Å². The Kier molecular flexibility index (Phi) is 4.54. The summed E-state index contributed by atoms with van der Waals surface area (Å²) in [7, 11) is 1.86. The van der Waals surface area contributed by atoms with Crippen molar-refractivity contribution >= 4 is 21.8 Å². The number of amides is 1. The number of hydrogen-bond donors (Lipinski definition) is 0. The second kappa shape index (κ2) is 5.48. The monoisotopic (exact) mass is 283 g/mol. The molecule has 1 rings (SSSR count). The van der Waals surface area contributed by atoms with Crippen molar-refractivity contribution in [2.75, 3.05) is 7.05 Å². The van der Waals surface area contributed by atoms with E-state index in [0.29, 0.717) is 0 Å². The third-order valence-electron chi connectivity index (χ3n) is 2.98. The van der Waals surface area contributed by atoms with E-state index in [1.807, 2.05) is 32.2 Å². The van der Waals surface area contributed by atoms with Gasteiger partial charge in [-0.15, -0.1) is 0 Å². The number of aryl methyl sites for hydroxylation is 1. The predicted octanol–water partition coefficient (Wildman–Crippen LogP) is 3.63. The van der Waals surface area contributed by atoms with E-state index in [1.165, 1.54) is 0 Å². The number of hydrogen-bond acceptors (Lipinski definition) is 1. The predicted molar refractivity (Wildman–Crippen MR) is 70.7 cm³/mol. The molecule has 1 amide bonds. The number of carbonyl (C=O) groups excluding carboxylic acids is 1. The highest BCUT2D eigenvalue weighted by molar-refractivity contribution is 9.10. The number of carbonyl (C=O) groups is 1. The molecule has 0 N–H and O–H groups in total. The first kappa shape index (κ1) is 13.2. The lowest BCUT2D eigenvalue weighted by Gasteiger charge is -2.24. The zero-order valence-electron chi connectivity index (χ0n) is 10.2. The Morgan fingerprint density at radius 3 is 2.62 bits per heavy atom. The lowest BCUT2D eigenvalue weighted by molar-refractivity contribution is 0.0740. The van der Waals surface area contributed by atoms with Crippen LogP contribution in [0.1, 0.15) is 36.2 Å². The molecule has 1 aromatic carbocycles. The van der Waals surface area contributed by atoms with E-state index in [1.54, 1.807) is 4.90 Å². The van der Waals surface area contributed by atoms with E-state index in [-0.39, 0.29) is 11.9 Å². The van der Waals surface area contributed by atoms with Crippen molar-refractivity contribution in [3.8, 4) is 0 Å². The summed E-state index contributed by atoms with van der Waals surface area (Å²) in [6.07, 6.45) is 0.970. The molecule has 0 bridgehead atoms. The lowest BCUT2D eigenvalue weighted by atomic mass is 10.1. The van der Waals surface area contributed by atoms with Crippen molar-refractivity contribution < 1.29 is 4.79 Å².